The van der Waals surface area contributed by atoms with Gasteiger partial charge in [0.1, 0.15) is 11.2 Å². The summed E-state index contributed by atoms with van der Waals surface area (Å²) in [5, 5.41) is 0. The molecule has 0 spiro atoms. The summed E-state index contributed by atoms with van der Waals surface area (Å²) in [6.45, 7) is 11.1. The van der Waals surface area contributed by atoms with Gasteiger partial charge >= 0.3 is 12.1 Å². The average molecular weight is 269 g/mol. The molecule has 1 aliphatic heterocycles. The summed E-state index contributed by atoms with van der Waals surface area (Å²) in [6, 6.07) is -0.700. The highest BCUT2D eigenvalue weighted by atomic mass is 16.6. The van der Waals surface area contributed by atoms with E-state index in [0.29, 0.717) is 6.54 Å². The Labute approximate surface area is 114 Å². The van der Waals surface area contributed by atoms with Gasteiger partial charge in [0.2, 0.25) is 0 Å². The van der Waals surface area contributed by atoms with Crippen LogP contribution >= 0.6 is 0 Å². The maximum atomic E-state index is 12.0. The van der Waals surface area contributed by atoms with E-state index in [0.717, 1.165) is 0 Å². The first kappa shape index (κ1) is 15.5. The van der Waals surface area contributed by atoms with Crippen LogP contribution in [0.4, 0.5) is 4.79 Å². The van der Waals surface area contributed by atoms with Gasteiger partial charge in [0.25, 0.3) is 0 Å². The van der Waals surface area contributed by atoms with Crippen LogP contribution in [-0.2, 0) is 14.3 Å². The predicted octanol–water partition coefficient (Wildman–Crippen LogP) is 2.50. The Bertz CT molecular complexity index is 387. The summed E-state index contributed by atoms with van der Waals surface area (Å²) in [7, 11) is 0. The van der Waals surface area contributed by atoms with Gasteiger partial charge < -0.3 is 9.47 Å². The second kappa shape index (κ2) is 5.23. The number of carbonyl (C=O) groups excluding carboxylic acids is 2. The number of carbonyl (C=O) groups is 2. The number of nitrogens with zero attached hydrogens (tertiary/aromatic N) is 1. The number of hydrogen-bond donors (Lipinski definition) is 0. The summed E-state index contributed by atoms with van der Waals surface area (Å²) >= 11 is 0. The van der Waals surface area contributed by atoms with E-state index in [9.17, 15) is 9.59 Å². The van der Waals surface area contributed by atoms with Crippen LogP contribution in [0.2, 0.25) is 0 Å². The number of ether oxygens (including phenoxy) is 2. The largest absolute Gasteiger partial charge is 0.458 e. The van der Waals surface area contributed by atoms with E-state index in [4.69, 9.17) is 9.47 Å². The minimum Gasteiger partial charge on any atom is -0.458 e. The van der Waals surface area contributed by atoms with Crippen molar-refractivity contribution in [3.63, 3.8) is 0 Å². The smallest absolute Gasteiger partial charge is 0.411 e. The standard InChI is InChI=1S/C14H23NO4/c1-13(2,3)18-11(16)10-8-7-9-15(10)12(17)19-14(4,5)6/h7-8,10H,9H2,1-6H3. The molecule has 0 aromatic carbocycles. The van der Waals surface area contributed by atoms with Crippen molar-refractivity contribution in [2.24, 2.45) is 0 Å². The lowest BCUT2D eigenvalue weighted by atomic mass is 10.2. The Hall–Kier alpha value is -1.52. The van der Waals surface area contributed by atoms with E-state index in [2.05, 4.69) is 0 Å². The monoisotopic (exact) mass is 269 g/mol. The first-order chi connectivity index (χ1) is 8.49. The second-order valence-corrected chi connectivity index (χ2v) is 6.54. The lowest BCUT2D eigenvalue weighted by Gasteiger charge is -2.29. The quantitative estimate of drug-likeness (QED) is 0.542. The van der Waals surface area contributed by atoms with Gasteiger partial charge in [-0.05, 0) is 41.5 Å². The van der Waals surface area contributed by atoms with Crippen molar-refractivity contribution in [1.29, 1.82) is 0 Å². The summed E-state index contributed by atoms with van der Waals surface area (Å²) in [5.74, 6) is -0.438. The molecule has 0 aromatic heterocycles. The molecule has 0 fully saturated rings. The number of amides is 1. The van der Waals surface area contributed by atoms with Crippen LogP contribution in [0.25, 0.3) is 0 Å². The molecule has 19 heavy (non-hydrogen) atoms. The van der Waals surface area contributed by atoms with Gasteiger partial charge in [-0.25, -0.2) is 9.59 Å². The van der Waals surface area contributed by atoms with E-state index in [1.807, 2.05) is 0 Å². The van der Waals surface area contributed by atoms with Crippen LogP contribution in [-0.4, -0.2) is 40.8 Å². The Morgan fingerprint density at radius 1 is 1.05 bits per heavy atom. The third kappa shape index (κ3) is 4.93. The van der Waals surface area contributed by atoms with Crippen molar-refractivity contribution in [3.05, 3.63) is 12.2 Å². The van der Waals surface area contributed by atoms with E-state index in [1.165, 1.54) is 4.90 Å². The third-order valence-corrected chi connectivity index (χ3v) is 2.23. The molecule has 1 unspecified atom stereocenters. The highest BCUT2D eigenvalue weighted by molar-refractivity contribution is 5.84. The molecule has 1 rings (SSSR count). The number of hydrogen-bond acceptors (Lipinski definition) is 4. The fraction of sp³-hybridized carbons (Fsp3) is 0.714. The van der Waals surface area contributed by atoms with Crippen LogP contribution in [0.5, 0.6) is 0 Å². The van der Waals surface area contributed by atoms with Crippen LogP contribution in [0.3, 0.4) is 0 Å². The zero-order valence-electron chi connectivity index (χ0n) is 12.5. The Balaban J connectivity index is 2.71. The maximum Gasteiger partial charge on any atom is 0.411 e. The van der Waals surface area contributed by atoms with Crippen molar-refractivity contribution < 1.29 is 19.1 Å². The molecule has 108 valence electrons. The normalized spacial score (nSPS) is 19.5. The van der Waals surface area contributed by atoms with Gasteiger partial charge in [-0.2, -0.15) is 0 Å². The molecule has 0 radical (unpaired) electrons. The summed E-state index contributed by atoms with van der Waals surface area (Å²) in [5.41, 5.74) is -1.16. The summed E-state index contributed by atoms with van der Waals surface area (Å²) in [6.07, 6.45) is 2.92. The summed E-state index contributed by atoms with van der Waals surface area (Å²) in [4.78, 5) is 25.4. The van der Waals surface area contributed by atoms with Crippen LogP contribution < -0.4 is 0 Å². The van der Waals surface area contributed by atoms with Gasteiger partial charge in [-0.1, -0.05) is 12.2 Å². The highest BCUT2D eigenvalue weighted by Gasteiger charge is 2.36. The van der Waals surface area contributed by atoms with Crippen LogP contribution in [0.1, 0.15) is 41.5 Å². The molecular formula is C14H23NO4. The summed E-state index contributed by atoms with van der Waals surface area (Å²) < 4.78 is 10.6. The van der Waals surface area contributed by atoms with Crippen molar-refractivity contribution >= 4 is 12.1 Å². The average Bonchev–Trinajstić information content (AvgIpc) is 2.59. The molecule has 5 heteroatoms. The van der Waals surface area contributed by atoms with E-state index < -0.39 is 29.3 Å². The second-order valence-electron chi connectivity index (χ2n) is 6.54. The fourth-order valence-corrected chi connectivity index (χ4v) is 1.60. The van der Waals surface area contributed by atoms with Gasteiger partial charge in [0.15, 0.2) is 6.04 Å². The lowest BCUT2D eigenvalue weighted by molar-refractivity contribution is -0.158. The SMILES string of the molecule is CC(C)(C)OC(=O)C1C=CCN1C(=O)OC(C)(C)C. The van der Waals surface area contributed by atoms with Crippen molar-refractivity contribution in [2.75, 3.05) is 6.54 Å². The Morgan fingerprint density at radius 3 is 2.05 bits per heavy atom. The minimum atomic E-state index is -0.700. The molecule has 1 atom stereocenters. The van der Waals surface area contributed by atoms with Crippen molar-refractivity contribution in [3.8, 4) is 0 Å². The molecule has 0 saturated heterocycles. The van der Waals surface area contributed by atoms with E-state index in [-0.39, 0.29) is 0 Å². The molecule has 0 aromatic rings. The molecule has 0 saturated carbocycles. The Morgan fingerprint density at radius 2 is 1.58 bits per heavy atom. The highest BCUT2D eigenvalue weighted by Crippen LogP contribution is 2.19. The topological polar surface area (TPSA) is 55.8 Å². The Kier molecular flexibility index (Phi) is 4.28. The molecule has 0 N–H and O–H groups in total. The van der Waals surface area contributed by atoms with Crippen LogP contribution in [0, 0.1) is 0 Å². The van der Waals surface area contributed by atoms with Gasteiger partial charge in [-0.3, -0.25) is 4.90 Å². The zero-order valence-corrected chi connectivity index (χ0v) is 12.5. The molecule has 0 bridgehead atoms. The molecule has 1 heterocycles. The third-order valence-electron chi connectivity index (χ3n) is 2.23. The van der Waals surface area contributed by atoms with Gasteiger partial charge in [-0.15, -0.1) is 0 Å². The van der Waals surface area contributed by atoms with Crippen molar-refractivity contribution in [1.82, 2.24) is 4.90 Å². The van der Waals surface area contributed by atoms with E-state index in [1.54, 1.807) is 53.7 Å². The van der Waals surface area contributed by atoms with Crippen LogP contribution in [0.15, 0.2) is 12.2 Å². The molecule has 1 amide bonds. The molecule has 1 aliphatic rings. The van der Waals surface area contributed by atoms with E-state index >= 15 is 0 Å². The first-order valence-corrected chi connectivity index (χ1v) is 6.39. The van der Waals surface area contributed by atoms with Gasteiger partial charge in [0, 0.05) is 6.54 Å². The zero-order chi connectivity index (χ0) is 14.8. The predicted molar refractivity (Wildman–Crippen MR) is 71.7 cm³/mol. The van der Waals surface area contributed by atoms with Gasteiger partial charge in [0.05, 0.1) is 0 Å². The first-order valence-electron chi connectivity index (χ1n) is 6.39. The molecular weight excluding hydrogens is 246 g/mol. The molecule has 5 nitrogen and oxygen atoms in total. The fourth-order valence-electron chi connectivity index (χ4n) is 1.60. The lowest BCUT2D eigenvalue weighted by Crippen LogP contribution is -2.45. The number of esters is 1. The molecule has 0 aliphatic carbocycles. The van der Waals surface area contributed by atoms with Crippen molar-refractivity contribution in [2.45, 2.75) is 58.8 Å². The maximum absolute atomic E-state index is 12.0. The number of rotatable bonds is 1. The minimum absolute atomic E-state index is 0.360.